The first-order valence-corrected chi connectivity index (χ1v) is 19.3. The van der Waals surface area contributed by atoms with Gasteiger partial charge in [0.15, 0.2) is 0 Å². The van der Waals surface area contributed by atoms with Crippen molar-refractivity contribution >= 4 is 40.3 Å². The van der Waals surface area contributed by atoms with Crippen molar-refractivity contribution in [2.45, 2.75) is 51.8 Å². The molecule has 0 bridgehead atoms. The van der Waals surface area contributed by atoms with Crippen molar-refractivity contribution in [1.29, 1.82) is 0 Å². The summed E-state index contributed by atoms with van der Waals surface area (Å²) in [6.45, 7) is 12.4. The number of piperazine rings is 1. The number of rotatable bonds is 18. The van der Waals surface area contributed by atoms with E-state index in [1.165, 1.54) is 12.1 Å². The number of imide groups is 2. The standard InChI is InChI=1S/C40H48N8O9/c1-25(2)57-28-5-7-32-31(21-28)37(45-44-32)33-22-35(42-24-41-33)47-11-10-46(26(3)23-47)12-13-53-14-15-54-16-17-55-18-19-56-27-4-6-29-30(20-27)40(52)48(39(29)51)34-8-9-36(49)43-38(34)50/h4-7,20-22,24-26,34H,8-19,23H2,1-3H3,(H,44,45)(H,43,49,50)/t26-,34?/m0/s1. The average Bonchev–Trinajstić information content (AvgIpc) is 3.72. The van der Waals surface area contributed by atoms with Crippen molar-refractivity contribution in [3.8, 4) is 22.9 Å². The van der Waals surface area contributed by atoms with Gasteiger partial charge in [0.2, 0.25) is 11.8 Å². The Labute approximate surface area is 329 Å². The molecule has 2 atom stereocenters. The van der Waals surface area contributed by atoms with Crippen LogP contribution in [0.15, 0.2) is 48.8 Å². The minimum atomic E-state index is -1.01. The summed E-state index contributed by atoms with van der Waals surface area (Å²) in [5.41, 5.74) is 2.81. The SMILES string of the molecule is CC(C)Oc1ccc2[nH]nc(-c3cc(N4CCN(CCOCCOCCOCCOc5ccc6c(c5)C(=O)N(C5CCC(=O)NC5=O)C6=O)[C@@H](C)C4)ncn3)c2c1. The van der Waals surface area contributed by atoms with Gasteiger partial charge in [-0.25, -0.2) is 9.97 Å². The fourth-order valence-corrected chi connectivity index (χ4v) is 7.20. The van der Waals surface area contributed by atoms with E-state index in [9.17, 15) is 19.2 Å². The van der Waals surface area contributed by atoms with Crippen molar-refractivity contribution in [2.75, 3.05) is 77.3 Å². The number of H-pyrrole nitrogens is 1. The maximum atomic E-state index is 13.0. The van der Waals surface area contributed by atoms with E-state index in [-0.39, 0.29) is 36.7 Å². The maximum absolute atomic E-state index is 13.0. The zero-order valence-electron chi connectivity index (χ0n) is 32.4. The fourth-order valence-electron chi connectivity index (χ4n) is 7.20. The van der Waals surface area contributed by atoms with E-state index in [2.05, 4.69) is 42.2 Å². The molecule has 4 amide bonds. The summed E-state index contributed by atoms with van der Waals surface area (Å²) in [6, 6.07) is 11.8. The lowest BCUT2D eigenvalue weighted by Crippen LogP contribution is -2.54. The van der Waals surface area contributed by atoms with Gasteiger partial charge in [0.25, 0.3) is 11.8 Å². The van der Waals surface area contributed by atoms with Crippen LogP contribution < -0.4 is 19.7 Å². The summed E-state index contributed by atoms with van der Waals surface area (Å²) < 4.78 is 28.7. The molecule has 5 heterocycles. The predicted molar refractivity (Wildman–Crippen MR) is 207 cm³/mol. The first kappa shape index (κ1) is 39.7. The van der Waals surface area contributed by atoms with Crippen LogP contribution in [0.3, 0.4) is 0 Å². The molecule has 17 nitrogen and oxygen atoms in total. The van der Waals surface area contributed by atoms with Crippen LogP contribution >= 0.6 is 0 Å². The molecule has 7 rings (SSSR count). The monoisotopic (exact) mass is 784 g/mol. The van der Waals surface area contributed by atoms with Crippen molar-refractivity contribution in [1.82, 2.24) is 35.3 Å². The van der Waals surface area contributed by atoms with Crippen molar-refractivity contribution < 1.29 is 42.9 Å². The lowest BCUT2D eigenvalue weighted by Gasteiger charge is -2.40. The van der Waals surface area contributed by atoms with E-state index in [1.807, 2.05) is 38.1 Å². The number of hydrogen-bond donors (Lipinski definition) is 2. The highest BCUT2D eigenvalue weighted by Crippen LogP contribution is 2.32. The van der Waals surface area contributed by atoms with E-state index >= 15 is 0 Å². The number of carbonyl (C=O) groups is 4. The van der Waals surface area contributed by atoms with Gasteiger partial charge in [0.05, 0.1) is 68.1 Å². The zero-order chi connectivity index (χ0) is 39.9. The number of aromatic nitrogens is 4. The van der Waals surface area contributed by atoms with Gasteiger partial charge in [-0.1, -0.05) is 0 Å². The van der Waals surface area contributed by atoms with Crippen LogP contribution in [0.2, 0.25) is 0 Å². The first-order valence-electron chi connectivity index (χ1n) is 19.3. The zero-order valence-corrected chi connectivity index (χ0v) is 32.4. The Morgan fingerprint density at radius 1 is 0.825 bits per heavy atom. The Bertz CT molecular complexity index is 2090. The van der Waals surface area contributed by atoms with Gasteiger partial charge in [-0.15, -0.1) is 0 Å². The molecule has 57 heavy (non-hydrogen) atoms. The highest BCUT2D eigenvalue weighted by Gasteiger charge is 2.44. The summed E-state index contributed by atoms with van der Waals surface area (Å²) in [5, 5.41) is 10.8. The molecular formula is C40H48N8O9. The molecule has 2 aromatic heterocycles. The van der Waals surface area contributed by atoms with Gasteiger partial charge in [-0.05, 0) is 63.6 Å². The number of anilines is 1. The van der Waals surface area contributed by atoms with Gasteiger partial charge in [0, 0.05) is 50.1 Å². The normalized spacial score (nSPS) is 18.8. The second-order valence-corrected chi connectivity index (χ2v) is 14.4. The molecule has 0 saturated carbocycles. The number of ether oxygens (including phenoxy) is 5. The highest BCUT2D eigenvalue weighted by molar-refractivity contribution is 6.23. The van der Waals surface area contributed by atoms with E-state index in [1.54, 1.807) is 12.4 Å². The van der Waals surface area contributed by atoms with Crippen LogP contribution in [0.5, 0.6) is 11.5 Å². The third-order valence-corrected chi connectivity index (χ3v) is 10.1. The number of nitrogens with zero attached hydrogens (tertiary/aromatic N) is 6. The van der Waals surface area contributed by atoms with E-state index < -0.39 is 29.7 Å². The van der Waals surface area contributed by atoms with Crippen molar-refractivity contribution in [2.24, 2.45) is 0 Å². The predicted octanol–water partition coefficient (Wildman–Crippen LogP) is 2.85. The lowest BCUT2D eigenvalue weighted by molar-refractivity contribution is -0.136. The molecule has 3 aliphatic heterocycles. The lowest BCUT2D eigenvalue weighted by atomic mass is 10.0. The summed E-state index contributed by atoms with van der Waals surface area (Å²) in [7, 11) is 0. The highest BCUT2D eigenvalue weighted by atomic mass is 16.6. The molecule has 2 saturated heterocycles. The van der Waals surface area contributed by atoms with Gasteiger partial charge < -0.3 is 28.6 Å². The minimum Gasteiger partial charge on any atom is -0.491 e. The average molecular weight is 785 g/mol. The van der Waals surface area contributed by atoms with Crippen molar-refractivity contribution in [3.63, 3.8) is 0 Å². The molecule has 3 aliphatic rings. The molecule has 17 heteroatoms. The Balaban J connectivity index is 0.746. The summed E-state index contributed by atoms with van der Waals surface area (Å²) in [4.78, 5) is 64.4. The largest absolute Gasteiger partial charge is 0.491 e. The number of fused-ring (bicyclic) bond motifs is 2. The molecule has 0 radical (unpaired) electrons. The Kier molecular flexibility index (Phi) is 12.7. The van der Waals surface area contributed by atoms with E-state index in [0.717, 1.165) is 64.9 Å². The van der Waals surface area contributed by atoms with E-state index in [4.69, 9.17) is 23.7 Å². The second kappa shape index (κ2) is 18.2. The quantitative estimate of drug-likeness (QED) is 0.111. The Morgan fingerprint density at radius 3 is 2.32 bits per heavy atom. The number of nitrogens with one attached hydrogen (secondary N) is 2. The fraction of sp³-hybridized carbons (Fsp3) is 0.475. The minimum absolute atomic E-state index is 0.0638. The first-order chi connectivity index (χ1) is 27.7. The van der Waals surface area contributed by atoms with Gasteiger partial charge in [-0.2, -0.15) is 5.10 Å². The van der Waals surface area contributed by atoms with Crippen LogP contribution in [0.25, 0.3) is 22.3 Å². The van der Waals surface area contributed by atoms with Crippen molar-refractivity contribution in [3.05, 3.63) is 59.9 Å². The molecule has 1 unspecified atom stereocenters. The smallest absolute Gasteiger partial charge is 0.262 e. The van der Waals surface area contributed by atoms with E-state index in [0.29, 0.717) is 51.4 Å². The van der Waals surface area contributed by atoms with Gasteiger partial charge in [0.1, 0.15) is 42.0 Å². The summed E-state index contributed by atoms with van der Waals surface area (Å²) >= 11 is 0. The van der Waals surface area contributed by atoms with Crippen LogP contribution in [0.1, 0.15) is 54.3 Å². The molecule has 0 spiro atoms. The molecule has 2 aromatic carbocycles. The van der Waals surface area contributed by atoms with Crippen LogP contribution in [-0.4, -0.2) is 144 Å². The number of aromatic amines is 1. The summed E-state index contributed by atoms with van der Waals surface area (Å²) in [6.07, 6.45) is 1.84. The number of piperidine rings is 1. The number of hydrogen-bond acceptors (Lipinski definition) is 14. The second-order valence-electron chi connectivity index (χ2n) is 14.4. The van der Waals surface area contributed by atoms with Crippen LogP contribution in [0, 0.1) is 0 Å². The van der Waals surface area contributed by atoms with Gasteiger partial charge >= 0.3 is 0 Å². The Morgan fingerprint density at radius 2 is 1.56 bits per heavy atom. The molecule has 2 N–H and O–H groups in total. The molecule has 0 aliphatic carbocycles. The third-order valence-electron chi connectivity index (χ3n) is 10.1. The Hall–Kier alpha value is -5.49. The number of benzene rings is 2. The topological polar surface area (TPSA) is 191 Å². The van der Waals surface area contributed by atoms with Crippen LogP contribution in [0.4, 0.5) is 5.82 Å². The van der Waals surface area contributed by atoms with Crippen LogP contribution in [-0.2, 0) is 23.8 Å². The molecule has 2 fully saturated rings. The van der Waals surface area contributed by atoms with Gasteiger partial charge in [-0.3, -0.25) is 39.4 Å². The molecular weight excluding hydrogens is 736 g/mol. The maximum Gasteiger partial charge on any atom is 0.262 e. The molecule has 302 valence electrons. The number of carbonyl (C=O) groups excluding carboxylic acids is 4. The third kappa shape index (κ3) is 9.39. The molecule has 4 aromatic rings. The summed E-state index contributed by atoms with van der Waals surface area (Å²) in [5.74, 6) is -0.136. The number of amides is 4.